The highest BCUT2D eigenvalue weighted by Gasteiger charge is 2.19. The molecule has 10 heteroatoms. The van der Waals surface area contributed by atoms with Crippen LogP contribution in [0.4, 0.5) is 0 Å². The molecule has 4 heterocycles. The summed E-state index contributed by atoms with van der Waals surface area (Å²) in [4.78, 5) is 34.2. The molecule has 0 spiro atoms. The summed E-state index contributed by atoms with van der Waals surface area (Å²) in [7, 11) is 0. The van der Waals surface area contributed by atoms with Crippen LogP contribution in [0.1, 0.15) is 34.5 Å². The van der Waals surface area contributed by atoms with Crippen LogP contribution >= 0.6 is 24.8 Å². The van der Waals surface area contributed by atoms with Crippen LogP contribution in [-0.4, -0.2) is 37.9 Å². The van der Waals surface area contributed by atoms with E-state index in [9.17, 15) is 9.59 Å². The van der Waals surface area contributed by atoms with E-state index in [1.807, 2.05) is 24.5 Å². The van der Waals surface area contributed by atoms with Crippen molar-refractivity contribution in [2.75, 3.05) is 13.1 Å². The summed E-state index contributed by atoms with van der Waals surface area (Å²) in [6, 6.07) is 3.65. The molecule has 1 unspecified atom stereocenters. The van der Waals surface area contributed by atoms with Crippen molar-refractivity contribution in [2.45, 2.75) is 32.9 Å². The van der Waals surface area contributed by atoms with Gasteiger partial charge in [-0.05, 0) is 56.5 Å². The molecule has 1 saturated heterocycles. The molecular weight excluding hydrogens is 427 g/mol. The van der Waals surface area contributed by atoms with Crippen LogP contribution in [0.25, 0.3) is 5.78 Å². The largest absolute Gasteiger partial charge is 0.346 e. The van der Waals surface area contributed by atoms with E-state index in [0.717, 1.165) is 25.9 Å². The molecule has 2 N–H and O–H groups in total. The number of imidazole rings is 1. The summed E-state index contributed by atoms with van der Waals surface area (Å²) < 4.78 is 3.45. The van der Waals surface area contributed by atoms with Crippen molar-refractivity contribution in [3.05, 3.63) is 64.1 Å². The zero-order chi connectivity index (χ0) is 19.5. The highest BCUT2D eigenvalue weighted by molar-refractivity contribution is 5.95. The molecule has 1 aliphatic heterocycles. The number of nitrogens with zero attached hydrogens (tertiary/aromatic N) is 4. The normalized spacial score (nSPS) is 15.8. The number of pyridine rings is 1. The predicted octanol–water partition coefficient (Wildman–Crippen LogP) is 1.97. The van der Waals surface area contributed by atoms with Crippen LogP contribution in [0, 0.1) is 12.8 Å². The third-order valence-electron chi connectivity index (χ3n) is 5.17. The first-order chi connectivity index (χ1) is 13.6. The lowest BCUT2D eigenvalue weighted by Crippen LogP contribution is -2.37. The Hall–Kier alpha value is -2.42. The van der Waals surface area contributed by atoms with Crippen LogP contribution in [0.2, 0.25) is 0 Å². The van der Waals surface area contributed by atoms with Gasteiger partial charge in [0.15, 0.2) is 0 Å². The molecule has 162 valence electrons. The number of nitrogens with one attached hydrogen (secondary N) is 2. The molecule has 1 amide bonds. The van der Waals surface area contributed by atoms with Crippen LogP contribution in [0.15, 0.2) is 41.7 Å². The number of carbonyl (C=O) groups is 1. The molecule has 0 aliphatic carbocycles. The Morgan fingerprint density at radius 1 is 1.33 bits per heavy atom. The molecule has 0 radical (unpaired) electrons. The second-order valence-electron chi connectivity index (χ2n) is 7.29. The molecular formula is C20H26Cl2N6O2. The molecule has 1 aliphatic rings. The molecule has 1 atom stereocenters. The minimum absolute atomic E-state index is 0. The monoisotopic (exact) mass is 452 g/mol. The Kier molecular flexibility index (Phi) is 8.40. The van der Waals surface area contributed by atoms with Gasteiger partial charge in [0.25, 0.3) is 11.5 Å². The summed E-state index contributed by atoms with van der Waals surface area (Å²) >= 11 is 0. The number of amides is 1. The van der Waals surface area contributed by atoms with Gasteiger partial charge in [0, 0.05) is 31.3 Å². The predicted molar refractivity (Wildman–Crippen MR) is 120 cm³/mol. The van der Waals surface area contributed by atoms with E-state index in [2.05, 4.69) is 20.6 Å². The number of aromatic nitrogens is 4. The maximum Gasteiger partial charge on any atom is 0.263 e. The second-order valence-corrected chi connectivity index (χ2v) is 7.29. The second kappa shape index (κ2) is 10.6. The summed E-state index contributed by atoms with van der Waals surface area (Å²) in [5.41, 5.74) is 1.33. The lowest BCUT2D eigenvalue weighted by atomic mass is 9.99. The molecule has 4 rings (SSSR count). The summed E-state index contributed by atoms with van der Waals surface area (Å²) in [6.07, 6.45) is 9.33. The van der Waals surface area contributed by atoms with E-state index < -0.39 is 0 Å². The number of piperidine rings is 1. The van der Waals surface area contributed by atoms with Gasteiger partial charge < -0.3 is 15.2 Å². The molecule has 0 aromatic carbocycles. The van der Waals surface area contributed by atoms with Gasteiger partial charge in [0.05, 0.1) is 12.2 Å². The van der Waals surface area contributed by atoms with Crippen molar-refractivity contribution in [1.29, 1.82) is 0 Å². The van der Waals surface area contributed by atoms with Crippen molar-refractivity contribution < 1.29 is 4.79 Å². The smallest absolute Gasteiger partial charge is 0.263 e. The van der Waals surface area contributed by atoms with Gasteiger partial charge >= 0.3 is 0 Å². The first-order valence-corrected chi connectivity index (χ1v) is 9.59. The number of carbonyl (C=O) groups excluding carboxylic acids is 1. The SMILES string of the molecule is Cc1ccn(CC2CCCNC2)c(=O)c1C(=O)NCc1cn2cccnc2n1.Cl.Cl. The number of hydrogen-bond acceptors (Lipinski definition) is 5. The fraction of sp³-hybridized carbons (Fsp3) is 0.400. The Morgan fingerprint density at radius 2 is 2.17 bits per heavy atom. The van der Waals surface area contributed by atoms with Gasteiger partial charge in [-0.15, -0.1) is 24.8 Å². The Labute approximate surface area is 186 Å². The quantitative estimate of drug-likeness (QED) is 0.616. The maximum absolute atomic E-state index is 12.9. The van der Waals surface area contributed by atoms with E-state index in [1.165, 1.54) is 0 Å². The molecule has 1 fully saturated rings. The molecule has 0 saturated carbocycles. The van der Waals surface area contributed by atoms with Crippen molar-refractivity contribution in [2.24, 2.45) is 5.92 Å². The summed E-state index contributed by atoms with van der Waals surface area (Å²) in [5.74, 6) is 0.616. The zero-order valence-corrected chi connectivity index (χ0v) is 18.3. The first-order valence-electron chi connectivity index (χ1n) is 9.59. The highest BCUT2D eigenvalue weighted by atomic mass is 35.5. The van der Waals surface area contributed by atoms with E-state index in [0.29, 0.717) is 29.5 Å². The minimum Gasteiger partial charge on any atom is -0.346 e. The Balaban J connectivity index is 0.00000160. The number of fused-ring (bicyclic) bond motifs is 1. The number of aryl methyl sites for hydroxylation is 1. The fourth-order valence-electron chi connectivity index (χ4n) is 3.67. The molecule has 8 nitrogen and oxygen atoms in total. The maximum atomic E-state index is 12.9. The number of halogens is 2. The van der Waals surface area contributed by atoms with Gasteiger partial charge in [-0.2, -0.15) is 0 Å². The standard InChI is InChI=1S/C20H24N6O2.2ClH/c1-14-5-9-25(12-15-4-2-6-21-10-15)19(28)17(14)18(27)23-11-16-13-26-8-3-7-22-20(26)24-16;;/h3,5,7-9,13,15,21H,2,4,6,10-12H2,1H3,(H,23,27);2*1H. The van der Waals surface area contributed by atoms with E-state index in [4.69, 9.17) is 0 Å². The molecule has 0 bridgehead atoms. The highest BCUT2D eigenvalue weighted by Crippen LogP contribution is 2.12. The van der Waals surface area contributed by atoms with Gasteiger partial charge in [0.1, 0.15) is 5.56 Å². The van der Waals surface area contributed by atoms with Crippen LogP contribution in [0.3, 0.4) is 0 Å². The van der Waals surface area contributed by atoms with Crippen molar-refractivity contribution in [3.63, 3.8) is 0 Å². The van der Waals surface area contributed by atoms with Crippen molar-refractivity contribution in [1.82, 2.24) is 29.6 Å². The van der Waals surface area contributed by atoms with E-state index in [1.54, 1.807) is 28.3 Å². The first kappa shape index (κ1) is 23.9. The molecule has 30 heavy (non-hydrogen) atoms. The Bertz CT molecular complexity index is 1030. The van der Waals surface area contributed by atoms with Crippen LogP contribution in [-0.2, 0) is 13.1 Å². The van der Waals surface area contributed by atoms with Gasteiger partial charge in [0.2, 0.25) is 5.78 Å². The summed E-state index contributed by atoms with van der Waals surface area (Å²) in [5, 5.41) is 6.18. The third-order valence-corrected chi connectivity index (χ3v) is 5.17. The molecule has 3 aromatic heterocycles. The van der Waals surface area contributed by atoms with Gasteiger partial charge in [-0.3, -0.25) is 14.0 Å². The fourth-order valence-corrected chi connectivity index (χ4v) is 3.67. The molecule has 3 aromatic rings. The average molecular weight is 453 g/mol. The minimum atomic E-state index is -0.372. The van der Waals surface area contributed by atoms with Crippen molar-refractivity contribution >= 4 is 36.5 Å². The third kappa shape index (κ3) is 5.19. The Morgan fingerprint density at radius 3 is 2.90 bits per heavy atom. The lowest BCUT2D eigenvalue weighted by Gasteiger charge is -2.23. The van der Waals surface area contributed by atoms with Crippen LogP contribution in [0.5, 0.6) is 0 Å². The zero-order valence-electron chi connectivity index (χ0n) is 16.7. The van der Waals surface area contributed by atoms with Crippen LogP contribution < -0.4 is 16.2 Å². The van der Waals surface area contributed by atoms with E-state index in [-0.39, 0.29) is 48.4 Å². The number of hydrogen-bond donors (Lipinski definition) is 2. The van der Waals surface area contributed by atoms with Crippen molar-refractivity contribution in [3.8, 4) is 0 Å². The number of rotatable bonds is 5. The van der Waals surface area contributed by atoms with Gasteiger partial charge in [-0.1, -0.05) is 0 Å². The van der Waals surface area contributed by atoms with Gasteiger partial charge in [-0.25, -0.2) is 9.97 Å². The summed E-state index contributed by atoms with van der Waals surface area (Å²) in [6.45, 7) is 4.60. The topological polar surface area (TPSA) is 93.3 Å². The lowest BCUT2D eigenvalue weighted by molar-refractivity contribution is 0.0947. The average Bonchev–Trinajstić information content (AvgIpc) is 3.12. The van der Waals surface area contributed by atoms with E-state index >= 15 is 0 Å².